The minimum atomic E-state index is -0.324. The molecule has 8 aromatic rings. The fourth-order valence-corrected chi connectivity index (χ4v) is 7.56. The molecular weight excluding hydrogens is 649 g/mol. The first kappa shape index (κ1) is 31.7. The largest absolute Gasteiger partial charge is 0.264 e. The number of nitriles is 1. The van der Waals surface area contributed by atoms with Gasteiger partial charge in [0, 0.05) is 45.6 Å². The molecule has 0 saturated heterocycles. The Hall–Kier alpha value is -7.28. The molecule has 0 saturated carbocycles. The van der Waals surface area contributed by atoms with Gasteiger partial charge in [0.15, 0.2) is 23.2 Å². The summed E-state index contributed by atoms with van der Waals surface area (Å²) in [5.41, 5.74) is 11.9. The third kappa shape index (κ3) is 5.42. The van der Waals surface area contributed by atoms with E-state index in [-0.39, 0.29) is 5.41 Å². The van der Waals surface area contributed by atoms with Crippen LogP contribution in [0.1, 0.15) is 30.5 Å². The van der Waals surface area contributed by atoms with Crippen LogP contribution in [0.5, 0.6) is 0 Å². The number of rotatable bonds is 5. The fraction of sp³-hybridized carbons (Fsp3) is 0.0638. The topological polar surface area (TPSA) is 79.7 Å². The van der Waals surface area contributed by atoms with Crippen LogP contribution in [0.4, 0.5) is 5.69 Å². The smallest absolute Gasteiger partial charge is 0.196 e. The van der Waals surface area contributed by atoms with E-state index in [1.54, 1.807) is 12.3 Å². The Bertz CT molecular complexity index is 2760. The summed E-state index contributed by atoms with van der Waals surface area (Å²) in [5.74, 6) is 1.79. The van der Waals surface area contributed by atoms with Gasteiger partial charge in [-0.3, -0.25) is 4.98 Å². The van der Waals surface area contributed by atoms with Gasteiger partial charge in [-0.1, -0.05) is 105 Å². The van der Waals surface area contributed by atoms with Crippen LogP contribution in [0.3, 0.4) is 0 Å². The Kier molecular flexibility index (Phi) is 7.47. The number of fused-ring (bicyclic) bond motifs is 5. The van der Waals surface area contributed by atoms with Gasteiger partial charge in [0.05, 0.1) is 12.6 Å². The van der Waals surface area contributed by atoms with Crippen LogP contribution in [-0.2, 0) is 5.41 Å². The number of pyridine rings is 1. The van der Waals surface area contributed by atoms with Crippen molar-refractivity contribution < 1.29 is 0 Å². The second kappa shape index (κ2) is 12.5. The average Bonchev–Trinajstić information content (AvgIpc) is 3.46. The van der Waals surface area contributed by atoms with Crippen LogP contribution in [0.15, 0.2) is 146 Å². The van der Waals surface area contributed by atoms with E-state index in [2.05, 4.69) is 78.3 Å². The highest BCUT2D eigenvalue weighted by atomic mass is 15.0. The van der Waals surface area contributed by atoms with Crippen molar-refractivity contribution in [2.75, 3.05) is 0 Å². The van der Waals surface area contributed by atoms with Crippen molar-refractivity contribution in [3.63, 3.8) is 0 Å². The van der Waals surface area contributed by atoms with Crippen LogP contribution >= 0.6 is 0 Å². The Morgan fingerprint density at radius 2 is 1.21 bits per heavy atom. The summed E-state index contributed by atoms with van der Waals surface area (Å²) in [6.07, 6.45) is 3.66. The van der Waals surface area contributed by atoms with Crippen LogP contribution in [0.2, 0.25) is 0 Å². The summed E-state index contributed by atoms with van der Waals surface area (Å²) >= 11 is 0. The minimum Gasteiger partial charge on any atom is -0.264 e. The van der Waals surface area contributed by atoms with E-state index in [1.165, 1.54) is 11.1 Å². The lowest BCUT2D eigenvalue weighted by Crippen LogP contribution is -2.15. The first-order chi connectivity index (χ1) is 25.9. The van der Waals surface area contributed by atoms with E-state index in [0.29, 0.717) is 28.7 Å². The zero-order valence-electron chi connectivity index (χ0n) is 29.0. The summed E-state index contributed by atoms with van der Waals surface area (Å²) in [7, 11) is 0. The van der Waals surface area contributed by atoms with Crippen molar-refractivity contribution in [1.82, 2.24) is 19.9 Å². The lowest BCUT2D eigenvalue weighted by Gasteiger charge is -2.22. The maximum Gasteiger partial charge on any atom is 0.196 e. The number of benzene rings is 6. The lowest BCUT2D eigenvalue weighted by atomic mass is 9.81. The van der Waals surface area contributed by atoms with Crippen molar-refractivity contribution >= 4 is 16.5 Å². The van der Waals surface area contributed by atoms with Crippen LogP contribution in [-0.4, -0.2) is 19.9 Å². The molecule has 0 amide bonds. The second-order valence-electron chi connectivity index (χ2n) is 13.8. The van der Waals surface area contributed by atoms with E-state index in [1.807, 2.05) is 85.1 Å². The van der Waals surface area contributed by atoms with Crippen molar-refractivity contribution in [2.45, 2.75) is 19.3 Å². The van der Waals surface area contributed by atoms with Gasteiger partial charge in [-0.15, -0.1) is 0 Å². The van der Waals surface area contributed by atoms with Gasteiger partial charge in [-0.05, 0) is 92.2 Å². The monoisotopic (exact) mass is 678 g/mol. The molecule has 53 heavy (non-hydrogen) atoms. The third-order valence-corrected chi connectivity index (χ3v) is 10.2. The Morgan fingerprint density at radius 1 is 0.585 bits per heavy atom. The predicted octanol–water partition coefficient (Wildman–Crippen LogP) is 11.5. The van der Waals surface area contributed by atoms with Gasteiger partial charge in [0.1, 0.15) is 0 Å². The third-order valence-electron chi connectivity index (χ3n) is 10.2. The van der Waals surface area contributed by atoms with Gasteiger partial charge >= 0.3 is 0 Å². The molecule has 1 aliphatic carbocycles. The SMILES string of the molecule is [C-]#[N+]c1cc(C#N)cc2ccc3c(c12)-c1ccc(-c2cc(-c4cccnc4)cc(-c4nc(-c5ccccc5)nc(-c5ccccc5)n4)c2)cc1C3(C)C. The molecule has 0 aliphatic heterocycles. The summed E-state index contributed by atoms with van der Waals surface area (Å²) < 4.78 is 0. The zero-order valence-corrected chi connectivity index (χ0v) is 29.0. The van der Waals surface area contributed by atoms with Crippen molar-refractivity contribution in [2.24, 2.45) is 0 Å². The number of hydrogen-bond acceptors (Lipinski definition) is 5. The molecule has 248 valence electrons. The van der Waals surface area contributed by atoms with E-state index in [9.17, 15) is 5.26 Å². The molecule has 0 N–H and O–H groups in total. The van der Waals surface area contributed by atoms with Crippen molar-refractivity contribution in [3.05, 3.63) is 174 Å². The van der Waals surface area contributed by atoms with Gasteiger partial charge in [0.25, 0.3) is 0 Å². The van der Waals surface area contributed by atoms with Gasteiger partial charge < -0.3 is 0 Å². The van der Waals surface area contributed by atoms with Gasteiger partial charge in [-0.2, -0.15) is 5.26 Å². The molecule has 6 aromatic carbocycles. The van der Waals surface area contributed by atoms with Crippen LogP contribution in [0.25, 0.3) is 83.2 Å². The van der Waals surface area contributed by atoms with E-state index < -0.39 is 0 Å². The number of hydrogen-bond donors (Lipinski definition) is 0. The van der Waals surface area contributed by atoms with Crippen LogP contribution < -0.4 is 0 Å². The normalized spacial score (nSPS) is 12.5. The van der Waals surface area contributed by atoms with Gasteiger partial charge in [-0.25, -0.2) is 19.8 Å². The Morgan fingerprint density at radius 3 is 1.83 bits per heavy atom. The maximum atomic E-state index is 9.64. The fourth-order valence-electron chi connectivity index (χ4n) is 7.56. The van der Waals surface area contributed by atoms with E-state index in [4.69, 9.17) is 21.5 Å². The molecule has 2 aromatic heterocycles. The zero-order chi connectivity index (χ0) is 36.1. The summed E-state index contributed by atoms with van der Waals surface area (Å²) in [6, 6.07) is 47.1. The summed E-state index contributed by atoms with van der Waals surface area (Å²) in [4.78, 5) is 23.3. The van der Waals surface area contributed by atoms with E-state index >= 15 is 0 Å². The highest BCUT2D eigenvalue weighted by Gasteiger charge is 2.37. The molecule has 1 aliphatic rings. The summed E-state index contributed by atoms with van der Waals surface area (Å²) in [5, 5.41) is 11.4. The van der Waals surface area contributed by atoms with Gasteiger partial charge in [0.2, 0.25) is 0 Å². The molecule has 0 fully saturated rings. The molecule has 6 nitrogen and oxygen atoms in total. The minimum absolute atomic E-state index is 0.324. The quantitative estimate of drug-likeness (QED) is 0.169. The molecular formula is C47H30N6. The second-order valence-corrected chi connectivity index (χ2v) is 13.8. The first-order valence-electron chi connectivity index (χ1n) is 17.4. The molecule has 0 unspecified atom stereocenters. The number of nitrogens with zero attached hydrogens (tertiary/aromatic N) is 6. The predicted molar refractivity (Wildman–Crippen MR) is 211 cm³/mol. The van der Waals surface area contributed by atoms with Crippen LogP contribution in [0, 0.1) is 17.9 Å². The van der Waals surface area contributed by atoms with Crippen molar-refractivity contribution in [1.29, 1.82) is 5.26 Å². The molecule has 0 atom stereocenters. The van der Waals surface area contributed by atoms with Crippen molar-refractivity contribution in [3.8, 4) is 73.6 Å². The molecule has 2 heterocycles. The molecule has 9 rings (SSSR count). The summed E-state index contributed by atoms with van der Waals surface area (Å²) in [6.45, 7) is 12.5. The molecule has 6 heteroatoms. The Balaban J connectivity index is 1.25. The number of aromatic nitrogens is 4. The maximum absolute atomic E-state index is 9.64. The lowest BCUT2D eigenvalue weighted by molar-refractivity contribution is 0.661. The average molecular weight is 679 g/mol. The standard InChI is InChI=1S/C47H30N6/c1-47(2)39-19-17-33-21-29(27-48)22-41(49-3)42(33)43(39)38-18-16-32(26-40(38)47)35-23-36(34-15-10-20-50-28-34)25-37(24-35)46-52-44(30-11-6-4-7-12-30)51-45(53-46)31-13-8-5-9-14-31/h4-26,28H,1-2H3. The highest BCUT2D eigenvalue weighted by Crippen LogP contribution is 2.54. The van der Waals surface area contributed by atoms with E-state index in [0.717, 1.165) is 60.8 Å². The Labute approximate surface area is 307 Å². The first-order valence-corrected chi connectivity index (χ1v) is 17.4. The highest BCUT2D eigenvalue weighted by molar-refractivity contribution is 6.10. The molecule has 0 bridgehead atoms. The molecule has 0 spiro atoms. The molecule has 0 radical (unpaired) electrons.